The molecule has 0 aliphatic carbocycles. The number of benzene rings is 4. The second-order valence-corrected chi connectivity index (χ2v) is 18.4. The smallest absolute Gasteiger partial charge is 0.251 e. The van der Waals surface area contributed by atoms with Gasteiger partial charge >= 0.3 is 0 Å². The van der Waals surface area contributed by atoms with Gasteiger partial charge in [0, 0.05) is 41.7 Å². The maximum Gasteiger partial charge on any atom is 0.251 e. The minimum absolute atomic E-state index is 0.0686. The SMILES string of the molecule is C[C@H](NC(=O)[C@@H]1CCCN1C(=O)[C@H](C)NC(=O)[C@@H]1Cc2ccc(O)c(c2)-c2cc(ccc2O)[C@H](N(C)C(=O)[C@H](CCCCN)NC(=O)c2ccc(-c3ccc(Cl)cc3)cc2)C(=O)N[C@@H](C)C(=O)N1)C(N)=O. The van der Waals surface area contributed by atoms with E-state index in [9.17, 15) is 48.6 Å². The first-order chi connectivity index (χ1) is 33.8. The van der Waals surface area contributed by atoms with Crippen molar-refractivity contribution in [2.45, 2.75) is 102 Å². The van der Waals surface area contributed by atoms with E-state index in [2.05, 4.69) is 26.6 Å². The van der Waals surface area contributed by atoms with Crippen LogP contribution in [0.5, 0.6) is 11.5 Å². The summed E-state index contributed by atoms with van der Waals surface area (Å²) in [6, 6.07) is 14.1. The predicted molar refractivity (Wildman–Crippen MR) is 264 cm³/mol. The van der Waals surface area contributed by atoms with Crippen molar-refractivity contribution in [2.75, 3.05) is 20.1 Å². The van der Waals surface area contributed by atoms with E-state index in [0.29, 0.717) is 42.8 Å². The van der Waals surface area contributed by atoms with Gasteiger partial charge in [0.25, 0.3) is 5.91 Å². The van der Waals surface area contributed by atoms with Crippen molar-refractivity contribution < 1.29 is 48.6 Å². The summed E-state index contributed by atoms with van der Waals surface area (Å²) in [6.45, 7) is 4.75. The van der Waals surface area contributed by atoms with Crippen LogP contribution in [0.1, 0.15) is 80.4 Å². The van der Waals surface area contributed by atoms with Crippen LogP contribution in [-0.2, 0) is 40.0 Å². The van der Waals surface area contributed by atoms with Crippen LogP contribution in [0.25, 0.3) is 22.3 Å². The molecule has 0 unspecified atom stereocenters. The lowest BCUT2D eigenvalue weighted by molar-refractivity contribution is -0.142. The maximum atomic E-state index is 14.7. The first-order valence-electron chi connectivity index (χ1n) is 23.4. The number of likely N-dealkylation sites (N-methyl/N-ethyl adjacent to an activating group) is 1. The highest BCUT2D eigenvalue weighted by molar-refractivity contribution is 6.30. The number of amides is 8. The summed E-state index contributed by atoms with van der Waals surface area (Å²) in [4.78, 5) is 112. The Bertz CT molecular complexity index is 2670. The van der Waals surface area contributed by atoms with E-state index in [1.54, 1.807) is 36.4 Å². The zero-order valence-corrected chi connectivity index (χ0v) is 40.6. The summed E-state index contributed by atoms with van der Waals surface area (Å²) in [6.07, 6.45) is 1.74. The van der Waals surface area contributed by atoms with Crippen LogP contribution in [0, 0.1) is 0 Å². The van der Waals surface area contributed by atoms with E-state index in [1.165, 1.54) is 69.1 Å². The van der Waals surface area contributed by atoms with Gasteiger partial charge in [0.1, 0.15) is 53.8 Å². The summed E-state index contributed by atoms with van der Waals surface area (Å²) in [5, 5.41) is 36.3. The number of nitrogens with zero attached hydrogens (tertiary/aromatic N) is 2. The molecule has 7 atom stereocenters. The number of unbranched alkanes of at least 4 members (excludes halogenated alkanes) is 1. The topological polar surface area (TPSA) is 296 Å². The van der Waals surface area contributed by atoms with Gasteiger partial charge in [-0.15, -0.1) is 0 Å². The second-order valence-electron chi connectivity index (χ2n) is 17.9. The number of carbonyl (C=O) groups excluding carboxylic acids is 8. The van der Waals surface area contributed by atoms with E-state index < -0.39 is 89.6 Å². The van der Waals surface area contributed by atoms with Gasteiger partial charge in [0.2, 0.25) is 41.4 Å². The van der Waals surface area contributed by atoms with Crippen molar-refractivity contribution in [3.63, 3.8) is 0 Å². The molecule has 20 heteroatoms. The predicted octanol–water partition coefficient (Wildman–Crippen LogP) is 2.54. The molecule has 4 aromatic rings. The number of nitrogens with two attached hydrogens (primary N) is 2. The number of hydrogen-bond donors (Lipinski definition) is 9. The molecule has 2 aliphatic rings. The number of phenols is 2. The number of phenolic OH excluding ortho intramolecular Hbond substituents is 2. The highest BCUT2D eigenvalue weighted by Gasteiger charge is 2.39. The van der Waals surface area contributed by atoms with Gasteiger partial charge in [-0.2, -0.15) is 0 Å². The molecule has 0 aromatic heterocycles. The van der Waals surface area contributed by atoms with Gasteiger partial charge < -0.3 is 58.1 Å². The van der Waals surface area contributed by atoms with Gasteiger partial charge in [-0.05, 0) is 130 Å². The van der Waals surface area contributed by atoms with Crippen molar-refractivity contribution in [3.8, 4) is 33.8 Å². The van der Waals surface area contributed by atoms with Gasteiger partial charge in [0.05, 0.1) is 0 Å². The van der Waals surface area contributed by atoms with Crippen molar-refractivity contribution in [2.24, 2.45) is 11.5 Å². The van der Waals surface area contributed by atoms with Crippen LogP contribution < -0.4 is 38.1 Å². The molecule has 376 valence electrons. The Hall–Kier alpha value is -7.51. The number of aromatic hydroxyl groups is 2. The molecule has 8 amide bonds. The van der Waals surface area contributed by atoms with E-state index in [-0.39, 0.29) is 53.1 Å². The first kappa shape index (κ1) is 52.9. The Morgan fingerprint density at radius 3 is 2.07 bits per heavy atom. The van der Waals surface area contributed by atoms with Crippen molar-refractivity contribution in [3.05, 3.63) is 107 Å². The average molecular weight is 995 g/mol. The molecule has 11 N–H and O–H groups in total. The number of likely N-dealkylation sites (tertiary alicyclic amines) is 1. The van der Waals surface area contributed by atoms with Crippen LogP contribution >= 0.6 is 11.6 Å². The minimum atomic E-state index is -1.49. The third kappa shape index (κ3) is 12.8. The molecular formula is C51H60ClN9O10. The first-order valence-corrected chi connectivity index (χ1v) is 23.8. The maximum absolute atomic E-state index is 14.7. The fourth-order valence-electron chi connectivity index (χ4n) is 8.65. The molecule has 2 aliphatic heterocycles. The number of hydrogen-bond acceptors (Lipinski definition) is 11. The lowest BCUT2D eigenvalue weighted by Gasteiger charge is -2.32. The summed E-state index contributed by atoms with van der Waals surface area (Å²) in [7, 11) is 1.37. The van der Waals surface area contributed by atoms with Crippen molar-refractivity contribution in [1.29, 1.82) is 0 Å². The van der Waals surface area contributed by atoms with Gasteiger partial charge in [0.15, 0.2) is 0 Å². The lowest BCUT2D eigenvalue weighted by atomic mass is 9.93. The molecule has 71 heavy (non-hydrogen) atoms. The molecule has 1 fully saturated rings. The Balaban J connectivity index is 1.27. The minimum Gasteiger partial charge on any atom is -0.507 e. The monoisotopic (exact) mass is 993 g/mol. The summed E-state index contributed by atoms with van der Waals surface area (Å²) < 4.78 is 0. The van der Waals surface area contributed by atoms with Crippen molar-refractivity contribution in [1.82, 2.24) is 36.4 Å². The van der Waals surface area contributed by atoms with E-state index in [4.69, 9.17) is 23.1 Å². The van der Waals surface area contributed by atoms with E-state index in [0.717, 1.165) is 16.0 Å². The van der Waals surface area contributed by atoms with Gasteiger partial charge in [-0.3, -0.25) is 38.4 Å². The number of fused-ring (bicyclic) bond motifs is 5. The molecule has 2 heterocycles. The zero-order chi connectivity index (χ0) is 51.7. The number of primary amides is 1. The van der Waals surface area contributed by atoms with Crippen LogP contribution in [0.15, 0.2) is 84.9 Å². The standard InChI is InChI=1S/C51H60ClN9O10/c1-27(44(54)64)55-48(68)40-9-7-23-61(40)50(70)29(3)57-47(67)39-25-30-10-20-41(62)36(24-30)37-26-34(17-21-42(37)63)43(49(69)56-28(2)45(65)59-39)60(4)51(71)38(8-5-6-22-53)58-46(66)33-13-11-31(12-14-33)32-15-18-35(52)19-16-32/h10-21,24,26-29,38-40,43,62-63H,5-9,22-23,25,53H2,1-4H3,(H2,54,64)(H,55,68)(H,56,69)(H,57,67)(H,58,66)(H,59,65)/t27-,28-,29-,38-,39-,40-,43-/m0/s1. The summed E-state index contributed by atoms with van der Waals surface area (Å²) >= 11 is 6.06. The largest absolute Gasteiger partial charge is 0.507 e. The fourth-order valence-corrected chi connectivity index (χ4v) is 8.77. The highest BCUT2D eigenvalue weighted by Crippen LogP contribution is 2.39. The molecule has 1 saturated heterocycles. The summed E-state index contributed by atoms with van der Waals surface area (Å²) in [5.41, 5.74) is 13.8. The van der Waals surface area contributed by atoms with Crippen LogP contribution in [-0.4, -0.2) is 124 Å². The third-order valence-corrected chi connectivity index (χ3v) is 13.0. The number of rotatable bonds is 15. The summed E-state index contributed by atoms with van der Waals surface area (Å²) in [5.74, 6) is -6.14. The quantitative estimate of drug-likeness (QED) is 0.0780. The molecule has 4 aromatic carbocycles. The van der Waals surface area contributed by atoms with E-state index >= 15 is 0 Å². The number of halogens is 1. The van der Waals surface area contributed by atoms with Gasteiger partial charge in [-0.25, -0.2) is 0 Å². The fraction of sp³-hybridized carbons (Fsp3) is 0.373. The van der Waals surface area contributed by atoms with E-state index in [1.807, 2.05) is 12.1 Å². The lowest BCUT2D eigenvalue weighted by Crippen LogP contribution is -2.58. The number of nitrogens with one attached hydrogen (secondary N) is 5. The molecule has 0 spiro atoms. The Morgan fingerprint density at radius 1 is 0.803 bits per heavy atom. The molecule has 0 radical (unpaired) electrons. The molecule has 19 nitrogen and oxygen atoms in total. The molecule has 4 bridgehead atoms. The van der Waals surface area contributed by atoms with Crippen LogP contribution in [0.3, 0.4) is 0 Å². The van der Waals surface area contributed by atoms with Crippen LogP contribution in [0.4, 0.5) is 0 Å². The number of carbonyl (C=O) groups is 8. The molecule has 0 saturated carbocycles. The molecule has 6 rings (SSSR count). The second kappa shape index (κ2) is 23.4. The van der Waals surface area contributed by atoms with Crippen molar-refractivity contribution >= 4 is 58.9 Å². The Labute approximate surface area is 416 Å². The normalized spacial score (nSPS) is 19.2. The Kier molecular flexibility index (Phi) is 17.4. The van der Waals surface area contributed by atoms with Gasteiger partial charge in [-0.1, -0.05) is 48.0 Å². The molecular weight excluding hydrogens is 934 g/mol. The average Bonchev–Trinajstić information content (AvgIpc) is 3.84. The van der Waals surface area contributed by atoms with Crippen LogP contribution in [0.2, 0.25) is 5.02 Å². The highest BCUT2D eigenvalue weighted by atomic mass is 35.5. The Morgan fingerprint density at radius 2 is 1.42 bits per heavy atom. The zero-order valence-electron chi connectivity index (χ0n) is 39.9. The third-order valence-electron chi connectivity index (χ3n) is 12.7.